The normalized spacial score (nSPS) is 14.3. The summed E-state index contributed by atoms with van der Waals surface area (Å²) in [7, 11) is -9.92. The van der Waals surface area contributed by atoms with Gasteiger partial charge in [-0.1, -0.05) is 364 Å². The van der Waals surface area contributed by atoms with Crippen molar-refractivity contribution < 1.29 is 80.2 Å². The summed E-state index contributed by atoms with van der Waals surface area (Å²) in [6.07, 6.45) is 57.2. The highest BCUT2D eigenvalue weighted by atomic mass is 31.2. The third-order valence-corrected chi connectivity index (χ3v) is 21.1. The van der Waals surface area contributed by atoms with Gasteiger partial charge in [0.05, 0.1) is 26.4 Å². The quantitative estimate of drug-likeness (QED) is 0.0222. The van der Waals surface area contributed by atoms with Gasteiger partial charge in [0.1, 0.15) is 19.3 Å². The van der Waals surface area contributed by atoms with Crippen molar-refractivity contribution in [2.75, 3.05) is 39.6 Å². The fraction of sp³-hybridized carbons (Fsp3) is 0.951. The molecule has 0 fully saturated rings. The van der Waals surface area contributed by atoms with E-state index >= 15 is 0 Å². The van der Waals surface area contributed by atoms with Crippen molar-refractivity contribution in [1.29, 1.82) is 0 Å². The highest BCUT2D eigenvalue weighted by Crippen LogP contribution is 2.45. The zero-order valence-corrected chi connectivity index (χ0v) is 67.6. The SMILES string of the molecule is CCC(C)CCCCCCCCC(=O)OC[C@H](COP(=O)(O)OC[C@H](O)COP(=O)(O)OC[C@@H](COC(=O)CCCCCCCCCCCCCCCCCCC(C)C)OC(=O)CCCCCCCCCC(C)C)OC(=O)CCCCCCCCCCCCCCCCCCCCC(C)C. The highest BCUT2D eigenvalue weighted by molar-refractivity contribution is 7.47. The van der Waals surface area contributed by atoms with Crippen LogP contribution in [0.2, 0.25) is 0 Å². The first-order chi connectivity index (χ1) is 48.1. The maximum atomic E-state index is 13.1. The molecule has 3 unspecified atom stereocenters. The number of carbonyl (C=O) groups excluding carboxylic acids is 4. The molecular formula is C81H158O17P2. The third-order valence-electron chi connectivity index (χ3n) is 19.2. The number of aliphatic hydroxyl groups excluding tert-OH is 1. The second-order valence-electron chi connectivity index (χ2n) is 30.8. The van der Waals surface area contributed by atoms with Crippen molar-refractivity contribution in [3.05, 3.63) is 0 Å². The number of ether oxygens (including phenoxy) is 4. The minimum Gasteiger partial charge on any atom is -0.462 e. The number of hydrogen-bond donors (Lipinski definition) is 3. The van der Waals surface area contributed by atoms with Crippen molar-refractivity contribution in [2.45, 2.75) is 433 Å². The molecular weight excluding hydrogens is 1310 g/mol. The summed E-state index contributed by atoms with van der Waals surface area (Å²) in [5.74, 6) is 0.941. The summed E-state index contributed by atoms with van der Waals surface area (Å²) in [5.41, 5.74) is 0. The van der Waals surface area contributed by atoms with Crippen molar-refractivity contribution >= 4 is 39.5 Å². The van der Waals surface area contributed by atoms with Crippen LogP contribution in [0, 0.1) is 23.7 Å². The lowest BCUT2D eigenvalue weighted by atomic mass is 10.00. The lowest BCUT2D eigenvalue weighted by Crippen LogP contribution is -2.30. The average molecular weight is 1470 g/mol. The first-order valence-electron chi connectivity index (χ1n) is 41.7. The monoisotopic (exact) mass is 1470 g/mol. The van der Waals surface area contributed by atoms with Crippen molar-refractivity contribution in [3.63, 3.8) is 0 Å². The minimum absolute atomic E-state index is 0.104. The molecule has 0 aliphatic carbocycles. The Morgan fingerprint density at radius 2 is 0.480 bits per heavy atom. The van der Waals surface area contributed by atoms with E-state index < -0.39 is 97.5 Å². The van der Waals surface area contributed by atoms with Crippen LogP contribution in [0.25, 0.3) is 0 Å². The molecule has 0 aromatic rings. The van der Waals surface area contributed by atoms with Gasteiger partial charge in [-0.2, -0.15) is 0 Å². The van der Waals surface area contributed by atoms with Crippen LogP contribution in [0.15, 0.2) is 0 Å². The van der Waals surface area contributed by atoms with E-state index in [9.17, 15) is 43.2 Å². The Bertz CT molecular complexity index is 1960. The highest BCUT2D eigenvalue weighted by Gasteiger charge is 2.30. The number of phosphoric ester groups is 2. The van der Waals surface area contributed by atoms with Gasteiger partial charge in [0, 0.05) is 25.7 Å². The fourth-order valence-electron chi connectivity index (χ4n) is 12.4. The summed E-state index contributed by atoms with van der Waals surface area (Å²) in [5, 5.41) is 10.6. The Kier molecular flexibility index (Phi) is 68.7. The molecule has 0 heterocycles. The second-order valence-corrected chi connectivity index (χ2v) is 33.7. The molecule has 0 saturated heterocycles. The van der Waals surface area contributed by atoms with Crippen molar-refractivity contribution in [3.8, 4) is 0 Å². The first kappa shape index (κ1) is 98.1. The van der Waals surface area contributed by atoms with Crippen LogP contribution in [0.3, 0.4) is 0 Å². The topological polar surface area (TPSA) is 237 Å². The molecule has 594 valence electrons. The van der Waals surface area contributed by atoms with Gasteiger partial charge in [0.25, 0.3) is 0 Å². The molecule has 0 aromatic heterocycles. The number of aliphatic hydroxyl groups is 1. The van der Waals surface area contributed by atoms with E-state index in [4.69, 9.17) is 37.0 Å². The van der Waals surface area contributed by atoms with Crippen LogP contribution in [0.4, 0.5) is 0 Å². The molecule has 0 saturated carbocycles. The molecule has 3 N–H and O–H groups in total. The lowest BCUT2D eigenvalue weighted by molar-refractivity contribution is -0.161. The van der Waals surface area contributed by atoms with E-state index in [2.05, 4.69) is 55.4 Å². The van der Waals surface area contributed by atoms with E-state index in [1.165, 1.54) is 212 Å². The van der Waals surface area contributed by atoms with E-state index in [-0.39, 0.29) is 25.7 Å². The summed E-state index contributed by atoms with van der Waals surface area (Å²) in [6.45, 7) is 14.2. The predicted molar refractivity (Wildman–Crippen MR) is 409 cm³/mol. The molecule has 0 spiro atoms. The lowest BCUT2D eigenvalue weighted by Gasteiger charge is -2.21. The van der Waals surface area contributed by atoms with Crippen LogP contribution in [0.5, 0.6) is 0 Å². The van der Waals surface area contributed by atoms with Crippen LogP contribution in [-0.2, 0) is 65.4 Å². The maximum Gasteiger partial charge on any atom is 0.472 e. The predicted octanol–water partition coefficient (Wildman–Crippen LogP) is 24.0. The van der Waals surface area contributed by atoms with Gasteiger partial charge in [0.15, 0.2) is 12.2 Å². The van der Waals surface area contributed by atoms with Crippen molar-refractivity contribution in [2.24, 2.45) is 23.7 Å². The van der Waals surface area contributed by atoms with Gasteiger partial charge < -0.3 is 33.8 Å². The average Bonchev–Trinajstić information content (AvgIpc) is 0.926. The van der Waals surface area contributed by atoms with Gasteiger partial charge in [-0.25, -0.2) is 9.13 Å². The molecule has 17 nitrogen and oxygen atoms in total. The molecule has 0 rings (SSSR count). The van der Waals surface area contributed by atoms with Gasteiger partial charge in [-0.3, -0.25) is 37.3 Å². The van der Waals surface area contributed by atoms with Gasteiger partial charge in [-0.05, 0) is 49.4 Å². The minimum atomic E-state index is -4.96. The smallest absolute Gasteiger partial charge is 0.462 e. The van der Waals surface area contributed by atoms with E-state index in [1.54, 1.807) is 0 Å². The number of hydrogen-bond acceptors (Lipinski definition) is 15. The summed E-state index contributed by atoms with van der Waals surface area (Å²) in [4.78, 5) is 72.9. The van der Waals surface area contributed by atoms with Gasteiger partial charge in [0.2, 0.25) is 0 Å². The molecule has 100 heavy (non-hydrogen) atoms. The Labute approximate surface area is 613 Å². The number of unbranched alkanes of at least 4 members (excludes halogenated alkanes) is 43. The number of carbonyl (C=O) groups is 4. The molecule has 0 radical (unpaired) electrons. The Morgan fingerprint density at radius 1 is 0.280 bits per heavy atom. The standard InChI is InChI=1S/C81H158O17P2/c1-9-74(8)60-52-44-39-40-46-54-62-79(84)92-68-77(97-80(85)63-55-47-37-31-27-23-19-13-11-10-12-16-20-24-28-33-41-49-57-71(2)3)70-96-100(89,90)94-66-75(82)65-93-99(87,88)95-69-76(98-81(86)64-56-48-38-32-35-43-51-59-73(6)7)67-91-78(83)61-53-45-36-30-26-22-18-15-14-17-21-25-29-34-42-50-58-72(4)5/h71-77,82H,9-70H2,1-8H3,(H,87,88)(H,89,90)/t74?,75-,76-,77-/m1/s1. The first-order valence-corrected chi connectivity index (χ1v) is 44.7. The van der Waals surface area contributed by atoms with Gasteiger partial charge in [-0.15, -0.1) is 0 Å². The summed E-state index contributed by atoms with van der Waals surface area (Å²) < 4.78 is 68.6. The Hall–Kier alpha value is -1.94. The van der Waals surface area contributed by atoms with E-state index in [1.807, 2.05) is 0 Å². The molecule has 0 amide bonds. The zero-order valence-electron chi connectivity index (χ0n) is 65.8. The number of rotatable bonds is 78. The van der Waals surface area contributed by atoms with E-state index in [0.29, 0.717) is 31.6 Å². The molecule has 6 atom stereocenters. The maximum absolute atomic E-state index is 13.1. The molecule has 0 bridgehead atoms. The van der Waals surface area contributed by atoms with E-state index in [0.717, 1.165) is 114 Å². The Balaban J connectivity index is 5.14. The number of esters is 4. The summed E-state index contributed by atoms with van der Waals surface area (Å²) in [6, 6.07) is 0. The van der Waals surface area contributed by atoms with Crippen LogP contribution >= 0.6 is 15.6 Å². The second kappa shape index (κ2) is 70.1. The third kappa shape index (κ3) is 73.0. The molecule has 0 aliphatic rings. The Morgan fingerprint density at radius 3 is 0.710 bits per heavy atom. The fourth-order valence-corrected chi connectivity index (χ4v) is 14.0. The van der Waals surface area contributed by atoms with Crippen LogP contribution in [0.1, 0.15) is 415 Å². The zero-order chi connectivity index (χ0) is 73.8. The molecule has 19 heteroatoms. The summed E-state index contributed by atoms with van der Waals surface area (Å²) >= 11 is 0. The largest absolute Gasteiger partial charge is 0.472 e. The number of phosphoric acid groups is 2. The van der Waals surface area contributed by atoms with Gasteiger partial charge >= 0.3 is 39.5 Å². The molecule has 0 aliphatic heterocycles. The molecule has 0 aromatic carbocycles. The van der Waals surface area contributed by atoms with Crippen LogP contribution < -0.4 is 0 Å². The van der Waals surface area contributed by atoms with Crippen molar-refractivity contribution in [1.82, 2.24) is 0 Å². The van der Waals surface area contributed by atoms with Crippen LogP contribution in [-0.4, -0.2) is 96.7 Å².